The third-order valence-corrected chi connectivity index (χ3v) is 6.31. The monoisotopic (exact) mass is 450 g/mol. The lowest BCUT2D eigenvalue weighted by molar-refractivity contribution is 0.0893. The van der Waals surface area contributed by atoms with Crippen molar-refractivity contribution in [3.8, 4) is 11.5 Å². The molecule has 2 amide bonds. The highest BCUT2D eigenvalue weighted by molar-refractivity contribution is 6.36. The fourth-order valence-corrected chi connectivity index (χ4v) is 4.68. The molecule has 2 aliphatic rings. The third-order valence-electron chi connectivity index (χ3n) is 6.31. The van der Waals surface area contributed by atoms with E-state index in [2.05, 4.69) is 4.90 Å². The zero-order chi connectivity index (χ0) is 23.1. The van der Waals surface area contributed by atoms with E-state index in [1.165, 1.54) is 4.90 Å². The quantitative estimate of drug-likeness (QED) is 0.397. The Hall–Kier alpha value is -4.16. The normalized spacial score (nSPS) is 15.6. The largest absolute Gasteiger partial charge is 0.457 e. The number of hydrogen-bond donors (Lipinski definition) is 0. The molecule has 0 aromatic heterocycles. The second-order valence-corrected chi connectivity index (χ2v) is 8.31. The highest BCUT2D eigenvalue weighted by atomic mass is 16.5. The van der Waals surface area contributed by atoms with Gasteiger partial charge < -0.3 is 14.4 Å². The second-order valence-electron chi connectivity index (χ2n) is 8.31. The Morgan fingerprint density at radius 3 is 2.09 bits per heavy atom. The highest BCUT2D eigenvalue weighted by Gasteiger charge is 2.35. The molecule has 1 saturated heterocycles. The molecule has 0 atom stereocenters. The molecule has 34 heavy (non-hydrogen) atoms. The van der Waals surface area contributed by atoms with Gasteiger partial charge in [0.25, 0.3) is 11.8 Å². The van der Waals surface area contributed by atoms with E-state index >= 15 is 0 Å². The van der Waals surface area contributed by atoms with Gasteiger partial charge in [-0.25, -0.2) is 4.90 Å². The number of para-hydroxylation sites is 1. The lowest BCUT2D eigenvalue weighted by Crippen LogP contribution is -2.41. The number of amides is 2. The Morgan fingerprint density at radius 1 is 0.676 bits per heavy atom. The molecule has 6 heteroatoms. The Balaban J connectivity index is 1.36. The van der Waals surface area contributed by atoms with Gasteiger partial charge in [-0.2, -0.15) is 0 Å². The zero-order valence-corrected chi connectivity index (χ0v) is 18.4. The van der Waals surface area contributed by atoms with Crippen LogP contribution in [0.25, 0.3) is 10.8 Å². The molecule has 6 rings (SSSR count). The molecule has 0 aliphatic carbocycles. The summed E-state index contributed by atoms with van der Waals surface area (Å²) >= 11 is 0. The molecule has 4 aromatic rings. The SMILES string of the molecule is O=C1c2cccc3c(N4CCOCC4)ccc(c23)C(=O)N1c1ccc(Oc2ccccc2)cc1. The van der Waals surface area contributed by atoms with Crippen LogP contribution in [0.1, 0.15) is 20.7 Å². The van der Waals surface area contributed by atoms with E-state index in [9.17, 15) is 9.59 Å². The summed E-state index contributed by atoms with van der Waals surface area (Å²) in [5, 5.41) is 1.65. The van der Waals surface area contributed by atoms with Crippen LogP contribution >= 0.6 is 0 Å². The summed E-state index contributed by atoms with van der Waals surface area (Å²) in [5.41, 5.74) is 2.61. The van der Waals surface area contributed by atoms with Gasteiger partial charge in [0.15, 0.2) is 0 Å². The fraction of sp³-hybridized carbons (Fsp3) is 0.143. The molecule has 0 spiro atoms. The maximum atomic E-state index is 13.5. The number of imide groups is 1. The van der Waals surface area contributed by atoms with Crippen molar-refractivity contribution in [3.63, 3.8) is 0 Å². The fourth-order valence-electron chi connectivity index (χ4n) is 4.68. The summed E-state index contributed by atoms with van der Waals surface area (Å²) < 4.78 is 11.3. The molecule has 6 nitrogen and oxygen atoms in total. The van der Waals surface area contributed by atoms with Crippen LogP contribution in [0, 0.1) is 0 Å². The van der Waals surface area contributed by atoms with Gasteiger partial charge in [-0.1, -0.05) is 30.3 Å². The highest BCUT2D eigenvalue weighted by Crippen LogP contribution is 2.38. The summed E-state index contributed by atoms with van der Waals surface area (Å²) in [7, 11) is 0. The number of ether oxygens (including phenoxy) is 2. The second kappa shape index (κ2) is 8.32. The third kappa shape index (κ3) is 3.40. The van der Waals surface area contributed by atoms with Crippen LogP contribution in [-0.4, -0.2) is 38.1 Å². The van der Waals surface area contributed by atoms with E-state index in [4.69, 9.17) is 9.47 Å². The molecule has 2 aliphatic heterocycles. The predicted molar refractivity (Wildman–Crippen MR) is 131 cm³/mol. The standard InChI is InChI=1S/C28H22N2O4/c31-27-23-8-4-7-22-25(29-15-17-33-18-16-29)14-13-24(26(22)23)28(32)30(27)19-9-11-21(12-10-19)34-20-5-2-1-3-6-20/h1-14H,15-18H2. The van der Waals surface area contributed by atoms with E-state index < -0.39 is 0 Å². The molecule has 0 unspecified atom stereocenters. The van der Waals surface area contributed by atoms with Crippen molar-refractivity contribution in [2.45, 2.75) is 0 Å². The number of carbonyl (C=O) groups is 2. The minimum Gasteiger partial charge on any atom is -0.457 e. The average molecular weight is 450 g/mol. The maximum absolute atomic E-state index is 13.5. The molecule has 168 valence electrons. The number of nitrogens with zero attached hydrogens (tertiary/aromatic N) is 2. The Kier molecular flexibility index (Phi) is 5.00. The molecule has 4 aromatic carbocycles. The summed E-state index contributed by atoms with van der Waals surface area (Å²) in [6, 6.07) is 25.9. The number of anilines is 2. The first kappa shape index (κ1) is 20.4. The van der Waals surface area contributed by atoms with Gasteiger partial charge in [-0.05, 0) is 54.6 Å². The van der Waals surface area contributed by atoms with Gasteiger partial charge in [0, 0.05) is 40.7 Å². The molecule has 0 bridgehead atoms. The van der Waals surface area contributed by atoms with Crippen LogP contribution in [0.5, 0.6) is 11.5 Å². The zero-order valence-electron chi connectivity index (χ0n) is 18.4. The Morgan fingerprint density at radius 2 is 1.35 bits per heavy atom. The summed E-state index contributed by atoms with van der Waals surface area (Å²) in [6.07, 6.45) is 0. The van der Waals surface area contributed by atoms with Crippen molar-refractivity contribution < 1.29 is 19.1 Å². The lowest BCUT2D eigenvalue weighted by Gasteiger charge is -2.32. The smallest absolute Gasteiger partial charge is 0.265 e. The van der Waals surface area contributed by atoms with Gasteiger partial charge in [-0.15, -0.1) is 0 Å². The van der Waals surface area contributed by atoms with Crippen molar-refractivity contribution >= 4 is 34.0 Å². The minimum absolute atomic E-state index is 0.320. The average Bonchev–Trinajstić information content (AvgIpc) is 2.89. The maximum Gasteiger partial charge on any atom is 0.265 e. The van der Waals surface area contributed by atoms with Gasteiger partial charge >= 0.3 is 0 Å². The van der Waals surface area contributed by atoms with Crippen molar-refractivity contribution in [3.05, 3.63) is 96.1 Å². The first-order valence-electron chi connectivity index (χ1n) is 11.3. The van der Waals surface area contributed by atoms with Crippen molar-refractivity contribution in [2.75, 3.05) is 36.1 Å². The van der Waals surface area contributed by atoms with E-state index in [0.717, 1.165) is 35.3 Å². The number of morpholine rings is 1. The van der Waals surface area contributed by atoms with Crippen LogP contribution in [-0.2, 0) is 4.74 Å². The first-order valence-corrected chi connectivity index (χ1v) is 11.3. The van der Waals surface area contributed by atoms with E-state index in [-0.39, 0.29) is 11.8 Å². The number of benzene rings is 4. The van der Waals surface area contributed by atoms with Crippen LogP contribution in [0.4, 0.5) is 11.4 Å². The van der Waals surface area contributed by atoms with Crippen molar-refractivity contribution in [2.24, 2.45) is 0 Å². The summed E-state index contributed by atoms with van der Waals surface area (Å²) in [4.78, 5) is 30.5. The molecule has 1 fully saturated rings. The van der Waals surface area contributed by atoms with Crippen molar-refractivity contribution in [1.82, 2.24) is 0 Å². The first-order chi connectivity index (χ1) is 16.7. The van der Waals surface area contributed by atoms with Crippen molar-refractivity contribution in [1.29, 1.82) is 0 Å². The van der Waals surface area contributed by atoms with Gasteiger partial charge in [0.1, 0.15) is 11.5 Å². The van der Waals surface area contributed by atoms with Crippen LogP contribution in [0.3, 0.4) is 0 Å². The summed E-state index contributed by atoms with van der Waals surface area (Å²) in [5.74, 6) is 0.708. The molecular formula is C28H22N2O4. The molecule has 0 radical (unpaired) electrons. The van der Waals surface area contributed by atoms with Gasteiger partial charge in [-0.3, -0.25) is 9.59 Å². The number of hydrogen-bond acceptors (Lipinski definition) is 5. The Labute approximate surface area is 196 Å². The van der Waals surface area contributed by atoms with Crippen LogP contribution in [0.15, 0.2) is 84.9 Å². The van der Waals surface area contributed by atoms with E-state index in [1.54, 1.807) is 30.3 Å². The molecular weight excluding hydrogens is 428 g/mol. The molecule has 0 N–H and O–H groups in total. The number of rotatable bonds is 4. The topological polar surface area (TPSA) is 59.1 Å². The Bertz CT molecular complexity index is 1370. The molecule has 0 saturated carbocycles. The molecule has 2 heterocycles. The lowest BCUT2D eigenvalue weighted by atomic mass is 9.92. The van der Waals surface area contributed by atoms with Gasteiger partial charge in [0.05, 0.1) is 18.9 Å². The predicted octanol–water partition coefficient (Wildman–Crippen LogP) is 5.27. The van der Waals surface area contributed by atoms with E-state index in [1.807, 2.05) is 54.6 Å². The number of carbonyl (C=O) groups excluding carboxylic acids is 2. The van der Waals surface area contributed by atoms with E-state index in [0.29, 0.717) is 35.8 Å². The van der Waals surface area contributed by atoms with Crippen LogP contribution in [0.2, 0.25) is 0 Å². The van der Waals surface area contributed by atoms with Crippen LogP contribution < -0.4 is 14.5 Å². The summed E-state index contributed by atoms with van der Waals surface area (Å²) in [6.45, 7) is 2.89. The van der Waals surface area contributed by atoms with Gasteiger partial charge in [0.2, 0.25) is 0 Å². The minimum atomic E-state index is -0.320.